The molecule has 22 heavy (non-hydrogen) atoms. The topological polar surface area (TPSA) is 57.2 Å². The maximum atomic E-state index is 12.2. The molecule has 0 saturated heterocycles. The fourth-order valence-electron chi connectivity index (χ4n) is 2.40. The number of aromatic amines is 1. The standard InChI is InChI=1S/C18H17N3O/c1-13(11-14-7-3-2-4-8-14)20-21-18(22)16-12-19-17-10-6-5-9-15(16)17/h2-10,12,19H,11H2,1H3,(H,21,22)/b20-13+. The van der Waals surface area contributed by atoms with E-state index >= 15 is 0 Å². The first-order valence-corrected chi connectivity index (χ1v) is 7.17. The molecule has 0 radical (unpaired) electrons. The van der Waals surface area contributed by atoms with Crippen LogP contribution in [0.15, 0.2) is 65.9 Å². The highest BCUT2D eigenvalue weighted by atomic mass is 16.2. The lowest BCUT2D eigenvalue weighted by atomic mass is 10.1. The molecule has 0 aliphatic carbocycles. The molecular formula is C18H17N3O. The summed E-state index contributed by atoms with van der Waals surface area (Å²) in [5, 5.41) is 5.08. The predicted molar refractivity (Wildman–Crippen MR) is 89.0 cm³/mol. The third kappa shape index (κ3) is 3.06. The molecule has 3 rings (SSSR count). The van der Waals surface area contributed by atoms with E-state index in [0.29, 0.717) is 5.56 Å². The van der Waals surface area contributed by atoms with E-state index in [1.54, 1.807) is 6.20 Å². The SMILES string of the molecule is C/C(Cc1ccccc1)=N\NC(=O)c1c[nH]c2ccccc12. The van der Waals surface area contributed by atoms with Crippen LogP contribution in [0.1, 0.15) is 22.8 Å². The minimum absolute atomic E-state index is 0.204. The van der Waals surface area contributed by atoms with E-state index in [1.165, 1.54) is 5.56 Å². The van der Waals surface area contributed by atoms with Crippen LogP contribution in [0.5, 0.6) is 0 Å². The molecule has 4 nitrogen and oxygen atoms in total. The van der Waals surface area contributed by atoms with E-state index in [4.69, 9.17) is 0 Å². The number of hydrogen-bond donors (Lipinski definition) is 2. The number of nitrogens with zero attached hydrogens (tertiary/aromatic N) is 1. The van der Waals surface area contributed by atoms with E-state index in [2.05, 4.69) is 15.5 Å². The molecule has 110 valence electrons. The molecule has 1 amide bonds. The predicted octanol–water partition coefficient (Wildman–Crippen LogP) is 3.52. The summed E-state index contributed by atoms with van der Waals surface area (Å²) in [5.74, 6) is -0.204. The highest BCUT2D eigenvalue weighted by Gasteiger charge is 2.10. The molecule has 4 heteroatoms. The number of nitrogens with one attached hydrogen (secondary N) is 2. The van der Waals surface area contributed by atoms with Crippen LogP contribution in [0.4, 0.5) is 0 Å². The summed E-state index contributed by atoms with van der Waals surface area (Å²) in [6, 6.07) is 17.8. The van der Waals surface area contributed by atoms with Crippen molar-refractivity contribution < 1.29 is 4.79 Å². The van der Waals surface area contributed by atoms with Gasteiger partial charge in [0.2, 0.25) is 0 Å². The minimum Gasteiger partial charge on any atom is -0.360 e. The summed E-state index contributed by atoms with van der Waals surface area (Å²) in [6.07, 6.45) is 2.43. The molecule has 0 saturated carbocycles. The van der Waals surface area contributed by atoms with Crippen LogP contribution in [-0.2, 0) is 6.42 Å². The number of para-hydroxylation sites is 1. The zero-order chi connectivity index (χ0) is 15.4. The van der Waals surface area contributed by atoms with Gasteiger partial charge in [0.15, 0.2) is 0 Å². The molecule has 0 bridgehead atoms. The Balaban J connectivity index is 1.70. The summed E-state index contributed by atoms with van der Waals surface area (Å²) in [4.78, 5) is 15.3. The van der Waals surface area contributed by atoms with Crippen LogP contribution in [0.3, 0.4) is 0 Å². The molecule has 0 fully saturated rings. The Morgan fingerprint density at radius 1 is 1.09 bits per heavy atom. The normalized spacial score (nSPS) is 11.6. The number of aromatic nitrogens is 1. The van der Waals surface area contributed by atoms with Gasteiger partial charge in [-0.2, -0.15) is 5.10 Å². The number of hydrogen-bond acceptors (Lipinski definition) is 2. The van der Waals surface area contributed by atoms with E-state index in [9.17, 15) is 4.79 Å². The summed E-state index contributed by atoms with van der Waals surface area (Å²) in [6.45, 7) is 1.91. The van der Waals surface area contributed by atoms with E-state index in [-0.39, 0.29) is 5.91 Å². The van der Waals surface area contributed by atoms with Crippen LogP contribution in [0.25, 0.3) is 10.9 Å². The summed E-state index contributed by atoms with van der Waals surface area (Å²) >= 11 is 0. The fraction of sp³-hybridized carbons (Fsp3) is 0.111. The van der Waals surface area contributed by atoms with Crippen LogP contribution >= 0.6 is 0 Å². The molecule has 0 unspecified atom stereocenters. The Hall–Kier alpha value is -2.88. The number of H-pyrrole nitrogens is 1. The fourth-order valence-corrected chi connectivity index (χ4v) is 2.40. The van der Waals surface area contributed by atoms with E-state index < -0.39 is 0 Å². The number of rotatable bonds is 4. The van der Waals surface area contributed by atoms with Gasteiger partial charge in [0.1, 0.15) is 0 Å². The minimum atomic E-state index is -0.204. The summed E-state index contributed by atoms with van der Waals surface area (Å²) < 4.78 is 0. The maximum absolute atomic E-state index is 12.2. The lowest BCUT2D eigenvalue weighted by Crippen LogP contribution is -2.19. The van der Waals surface area contributed by atoms with Crippen LogP contribution in [-0.4, -0.2) is 16.6 Å². The smallest absolute Gasteiger partial charge is 0.273 e. The zero-order valence-electron chi connectivity index (χ0n) is 12.3. The maximum Gasteiger partial charge on any atom is 0.273 e. The third-order valence-corrected chi connectivity index (χ3v) is 3.48. The van der Waals surface area contributed by atoms with Gasteiger partial charge in [0.25, 0.3) is 5.91 Å². The first-order chi connectivity index (χ1) is 10.7. The second kappa shape index (κ2) is 6.26. The third-order valence-electron chi connectivity index (χ3n) is 3.48. The molecular weight excluding hydrogens is 274 g/mol. The Kier molecular flexibility index (Phi) is 4.01. The van der Waals surface area contributed by atoms with Gasteiger partial charge in [-0.15, -0.1) is 0 Å². The van der Waals surface area contributed by atoms with Crippen LogP contribution in [0.2, 0.25) is 0 Å². The Morgan fingerprint density at radius 3 is 2.64 bits per heavy atom. The highest BCUT2D eigenvalue weighted by molar-refractivity contribution is 6.06. The van der Waals surface area contributed by atoms with Crippen molar-refractivity contribution in [3.63, 3.8) is 0 Å². The van der Waals surface area contributed by atoms with Crippen molar-refractivity contribution in [2.24, 2.45) is 5.10 Å². The number of benzene rings is 2. The average Bonchev–Trinajstić information content (AvgIpc) is 2.98. The number of carbonyl (C=O) groups is 1. The van der Waals surface area contributed by atoms with Crippen molar-refractivity contribution in [1.29, 1.82) is 0 Å². The van der Waals surface area contributed by atoms with Crippen molar-refractivity contribution in [2.75, 3.05) is 0 Å². The molecule has 2 N–H and O–H groups in total. The Morgan fingerprint density at radius 2 is 1.82 bits per heavy atom. The number of hydrazone groups is 1. The van der Waals surface area contributed by atoms with Crippen molar-refractivity contribution in [2.45, 2.75) is 13.3 Å². The van der Waals surface area contributed by atoms with Crippen molar-refractivity contribution >= 4 is 22.5 Å². The zero-order valence-corrected chi connectivity index (χ0v) is 12.3. The van der Waals surface area contributed by atoms with Gasteiger partial charge in [-0.05, 0) is 18.6 Å². The van der Waals surface area contributed by atoms with Gasteiger partial charge in [-0.3, -0.25) is 4.79 Å². The van der Waals surface area contributed by atoms with Crippen molar-refractivity contribution in [3.05, 3.63) is 71.9 Å². The molecule has 2 aromatic carbocycles. The molecule has 0 aliphatic heterocycles. The largest absolute Gasteiger partial charge is 0.360 e. The molecule has 3 aromatic rings. The first kappa shape index (κ1) is 14.1. The molecule has 0 aliphatic rings. The quantitative estimate of drug-likeness (QED) is 0.561. The Bertz CT molecular complexity index is 818. The monoisotopic (exact) mass is 291 g/mol. The van der Waals surface area contributed by atoms with Gasteiger partial charge in [0, 0.05) is 29.2 Å². The van der Waals surface area contributed by atoms with Gasteiger partial charge >= 0.3 is 0 Å². The second-order valence-corrected chi connectivity index (χ2v) is 5.20. The summed E-state index contributed by atoms with van der Waals surface area (Å²) in [7, 11) is 0. The van der Waals surface area contributed by atoms with Gasteiger partial charge in [-0.1, -0.05) is 48.5 Å². The second-order valence-electron chi connectivity index (χ2n) is 5.20. The number of amides is 1. The lowest BCUT2D eigenvalue weighted by Gasteiger charge is -2.02. The number of carbonyl (C=O) groups excluding carboxylic acids is 1. The van der Waals surface area contributed by atoms with Crippen molar-refractivity contribution in [1.82, 2.24) is 10.4 Å². The van der Waals surface area contributed by atoms with E-state index in [0.717, 1.165) is 23.0 Å². The highest BCUT2D eigenvalue weighted by Crippen LogP contribution is 2.17. The van der Waals surface area contributed by atoms with E-state index in [1.807, 2.05) is 61.5 Å². The van der Waals surface area contributed by atoms with Crippen molar-refractivity contribution in [3.8, 4) is 0 Å². The van der Waals surface area contributed by atoms with Gasteiger partial charge < -0.3 is 4.98 Å². The first-order valence-electron chi connectivity index (χ1n) is 7.17. The molecule has 1 heterocycles. The molecule has 0 atom stereocenters. The van der Waals surface area contributed by atoms with Gasteiger partial charge in [0.05, 0.1) is 5.56 Å². The summed E-state index contributed by atoms with van der Waals surface area (Å²) in [5.41, 5.74) is 6.20. The average molecular weight is 291 g/mol. The molecule has 0 spiro atoms. The lowest BCUT2D eigenvalue weighted by molar-refractivity contribution is 0.0956. The van der Waals surface area contributed by atoms with Crippen LogP contribution in [0, 0.1) is 0 Å². The van der Waals surface area contributed by atoms with Crippen LogP contribution < -0.4 is 5.43 Å². The Labute approximate surface area is 128 Å². The van der Waals surface area contributed by atoms with Gasteiger partial charge in [-0.25, -0.2) is 5.43 Å². The molecule has 1 aromatic heterocycles. The number of fused-ring (bicyclic) bond motifs is 1.